The SMILES string of the molecule is Cc1cnc2c(c1)nc(CCl)n2C(C)C1CCCC1. The molecule has 0 saturated heterocycles. The molecule has 1 unspecified atom stereocenters. The van der Waals surface area contributed by atoms with Gasteiger partial charge in [-0.25, -0.2) is 9.97 Å². The van der Waals surface area contributed by atoms with E-state index in [0.29, 0.717) is 11.9 Å². The third-order valence-electron chi connectivity index (χ3n) is 4.35. The molecule has 102 valence electrons. The summed E-state index contributed by atoms with van der Waals surface area (Å²) in [5.74, 6) is 2.14. The molecule has 0 radical (unpaired) electrons. The molecule has 1 aliphatic carbocycles. The number of halogens is 1. The van der Waals surface area contributed by atoms with Gasteiger partial charge in [-0.15, -0.1) is 11.6 Å². The number of nitrogens with zero attached hydrogens (tertiary/aromatic N) is 3. The molecular weight excluding hydrogens is 258 g/mol. The van der Waals surface area contributed by atoms with Crippen LogP contribution in [0.2, 0.25) is 0 Å². The summed E-state index contributed by atoms with van der Waals surface area (Å²) in [6, 6.07) is 2.53. The minimum Gasteiger partial charge on any atom is -0.309 e. The summed E-state index contributed by atoms with van der Waals surface area (Å²) in [4.78, 5) is 9.24. The highest BCUT2D eigenvalue weighted by Gasteiger charge is 2.26. The third-order valence-corrected chi connectivity index (χ3v) is 4.59. The highest BCUT2D eigenvalue weighted by molar-refractivity contribution is 6.16. The number of fused-ring (bicyclic) bond motifs is 1. The zero-order valence-electron chi connectivity index (χ0n) is 11.6. The fourth-order valence-corrected chi connectivity index (χ4v) is 3.49. The van der Waals surface area contributed by atoms with Crippen molar-refractivity contribution in [2.45, 2.75) is 51.5 Å². The van der Waals surface area contributed by atoms with Gasteiger partial charge in [0.25, 0.3) is 0 Å². The lowest BCUT2D eigenvalue weighted by Gasteiger charge is -2.22. The van der Waals surface area contributed by atoms with Crippen molar-refractivity contribution in [2.75, 3.05) is 0 Å². The zero-order chi connectivity index (χ0) is 13.4. The van der Waals surface area contributed by atoms with Gasteiger partial charge < -0.3 is 4.57 Å². The van der Waals surface area contributed by atoms with Gasteiger partial charge in [-0.1, -0.05) is 12.8 Å². The van der Waals surface area contributed by atoms with Crippen LogP contribution in [0.15, 0.2) is 12.3 Å². The molecule has 0 N–H and O–H groups in total. The number of aryl methyl sites for hydroxylation is 1. The Bertz CT molecular complexity index is 584. The Balaban J connectivity index is 2.09. The second kappa shape index (κ2) is 5.12. The lowest BCUT2D eigenvalue weighted by molar-refractivity contribution is 0.360. The van der Waals surface area contributed by atoms with Crippen LogP contribution in [-0.2, 0) is 5.88 Å². The van der Waals surface area contributed by atoms with Gasteiger partial charge in [-0.2, -0.15) is 0 Å². The van der Waals surface area contributed by atoms with Crippen molar-refractivity contribution in [1.29, 1.82) is 0 Å². The number of pyridine rings is 1. The molecule has 0 bridgehead atoms. The first kappa shape index (κ1) is 12.9. The van der Waals surface area contributed by atoms with Crippen molar-refractivity contribution in [2.24, 2.45) is 5.92 Å². The van der Waals surface area contributed by atoms with Crippen molar-refractivity contribution < 1.29 is 0 Å². The summed E-state index contributed by atoms with van der Waals surface area (Å²) in [6.07, 6.45) is 7.25. The topological polar surface area (TPSA) is 30.7 Å². The molecule has 0 amide bonds. The van der Waals surface area contributed by atoms with Crippen LogP contribution in [0, 0.1) is 12.8 Å². The van der Waals surface area contributed by atoms with E-state index in [4.69, 9.17) is 11.6 Å². The Morgan fingerprint density at radius 2 is 2.16 bits per heavy atom. The van der Waals surface area contributed by atoms with Gasteiger partial charge in [0.2, 0.25) is 0 Å². The minimum absolute atomic E-state index is 0.441. The fourth-order valence-electron chi connectivity index (χ4n) is 3.30. The second-order valence-electron chi connectivity index (χ2n) is 5.67. The van der Waals surface area contributed by atoms with Gasteiger partial charge in [0.15, 0.2) is 5.65 Å². The van der Waals surface area contributed by atoms with E-state index < -0.39 is 0 Å². The lowest BCUT2D eigenvalue weighted by Crippen LogP contribution is -2.16. The highest BCUT2D eigenvalue weighted by atomic mass is 35.5. The standard InChI is InChI=1S/C15H20ClN3/c1-10-7-13-15(17-9-10)19(14(8-16)18-13)11(2)12-5-3-4-6-12/h7,9,11-12H,3-6,8H2,1-2H3. The summed E-state index contributed by atoms with van der Waals surface area (Å²) in [5, 5.41) is 0. The van der Waals surface area contributed by atoms with Crippen molar-refractivity contribution in [3.63, 3.8) is 0 Å². The van der Waals surface area contributed by atoms with Gasteiger partial charge in [-0.3, -0.25) is 0 Å². The molecule has 0 aliphatic heterocycles. The Morgan fingerprint density at radius 3 is 2.84 bits per heavy atom. The molecule has 2 aromatic rings. The highest BCUT2D eigenvalue weighted by Crippen LogP contribution is 2.36. The smallest absolute Gasteiger partial charge is 0.160 e. The van der Waals surface area contributed by atoms with E-state index in [1.807, 2.05) is 13.1 Å². The molecule has 3 nitrogen and oxygen atoms in total. The van der Waals surface area contributed by atoms with E-state index in [1.165, 1.54) is 25.7 Å². The molecule has 1 aliphatic rings. The van der Waals surface area contributed by atoms with Crippen LogP contribution >= 0.6 is 11.6 Å². The van der Waals surface area contributed by atoms with E-state index in [-0.39, 0.29) is 0 Å². The molecule has 2 heterocycles. The molecule has 1 atom stereocenters. The number of rotatable bonds is 3. The predicted molar refractivity (Wildman–Crippen MR) is 78.5 cm³/mol. The molecule has 3 rings (SSSR count). The second-order valence-corrected chi connectivity index (χ2v) is 5.94. The lowest BCUT2D eigenvalue weighted by atomic mass is 9.99. The predicted octanol–water partition coefficient (Wildman–Crippen LogP) is 4.23. The Morgan fingerprint density at radius 1 is 1.42 bits per heavy atom. The first-order valence-electron chi connectivity index (χ1n) is 7.10. The number of imidazole rings is 1. The normalized spacial score (nSPS) is 18.3. The molecule has 0 aromatic carbocycles. The van der Waals surface area contributed by atoms with Crippen LogP contribution in [0.3, 0.4) is 0 Å². The molecule has 1 fully saturated rings. The van der Waals surface area contributed by atoms with Crippen LogP contribution in [0.4, 0.5) is 0 Å². The van der Waals surface area contributed by atoms with Crippen molar-refractivity contribution >= 4 is 22.8 Å². The molecule has 4 heteroatoms. The largest absolute Gasteiger partial charge is 0.309 e. The Kier molecular flexibility index (Phi) is 3.48. The van der Waals surface area contributed by atoms with Crippen LogP contribution in [-0.4, -0.2) is 14.5 Å². The van der Waals surface area contributed by atoms with E-state index in [9.17, 15) is 0 Å². The maximum absolute atomic E-state index is 6.08. The summed E-state index contributed by atoms with van der Waals surface area (Å²) in [6.45, 7) is 4.33. The number of aromatic nitrogens is 3. The van der Waals surface area contributed by atoms with E-state index in [0.717, 1.165) is 28.5 Å². The third kappa shape index (κ3) is 2.25. The molecular formula is C15H20ClN3. The molecule has 19 heavy (non-hydrogen) atoms. The Hall–Kier alpha value is -1.09. The fraction of sp³-hybridized carbons (Fsp3) is 0.600. The average Bonchev–Trinajstić information content (AvgIpc) is 3.04. The molecule has 0 spiro atoms. The van der Waals surface area contributed by atoms with E-state index in [2.05, 4.69) is 27.5 Å². The van der Waals surface area contributed by atoms with Gasteiger partial charge in [0.05, 0.1) is 5.88 Å². The summed E-state index contributed by atoms with van der Waals surface area (Å²) in [7, 11) is 0. The maximum atomic E-state index is 6.08. The monoisotopic (exact) mass is 277 g/mol. The van der Waals surface area contributed by atoms with Crippen LogP contribution in [0.1, 0.15) is 50.0 Å². The average molecular weight is 278 g/mol. The van der Waals surface area contributed by atoms with Crippen LogP contribution in [0.5, 0.6) is 0 Å². The number of alkyl halides is 1. The summed E-state index contributed by atoms with van der Waals surface area (Å²) in [5.41, 5.74) is 3.10. The summed E-state index contributed by atoms with van der Waals surface area (Å²) < 4.78 is 2.26. The van der Waals surface area contributed by atoms with Crippen molar-refractivity contribution in [1.82, 2.24) is 14.5 Å². The van der Waals surface area contributed by atoms with Gasteiger partial charge >= 0.3 is 0 Å². The molecule has 1 saturated carbocycles. The molecule has 2 aromatic heterocycles. The van der Waals surface area contributed by atoms with Gasteiger partial charge in [0.1, 0.15) is 11.3 Å². The summed E-state index contributed by atoms with van der Waals surface area (Å²) >= 11 is 6.08. The zero-order valence-corrected chi connectivity index (χ0v) is 12.3. The Labute approximate surface area is 119 Å². The number of hydrogen-bond donors (Lipinski definition) is 0. The van der Waals surface area contributed by atoms with E-state index >= 15 is 0 Å². The van der Waals surface area contributed by atoms with Crippen molar-refractivity contribution in [3.05, 3.63) is 23.7 Å². The quantitative estimate of drug-likeness (QED) is 0.786. The minimum atomic E-state index is 0.441. The van der Waals surface area contributed by atoms with E-state index in [1.54, 1.807) is 0 Å². The van der Waals surface area contributed by atoms with Crippen LogP contribution < -0.4 is 0 Å². The maximum Gasteiger partial charge on any atom is 0.160 e. The van der Waals surface area contributed by atoms with Gasteiger partial charge in [-0.05, 0) is 44.2 Å². The first-order valence-corrected chi connectivity index (χ1v) is 7.63. The number of hydrogen-bond acceptors (Lipinski definition) is 2. The first-order chi connectivity index (χ1) is 9.20. The van der Waals surface area contributed by atoms with Crippen LogP contribution in [0.25, 0.3) is 11.2 Å². The van der Waals surface area contributed by atoms with Crippen molar-refractivity contribution in [3.8, 4) is 0 Å². The van der Waals surface area contributed by atoms with Gasteiger partial charge in [0, 0.05) is 12.2 Å².